The van der Waals surface area contributed by atoms with Crippen molar-refractivity contribution in [1.82, 2.24) is 14.7 Å². The summed E-state index contributed by atoms with van der Waals surface area (Å²) in [6.07, 6.45) is 5.82. The molecule has 3 atom stereocenters. The van der Waals surface area contributed by atoms with E-state index in [1.807, 2.05) is 20.1 Å². The lowest BCUT2D eigenvalue weighted by Crippen LogP contribution is -2.49. The second kappa shape index (κ2) is 9.21. The van der Waals surface area contributed by atoms with E-state index in [1.54, 1.807) is 22.9 Å². The molecule has 1 aliphatic rings. The van der Waals surface area contributed by atoms with Crippen LogP contribution in [0.25, 0.3) is 0 Å². The topological polar surface area (TPSA) is 102 Å². The fourth-order valence-electron chi connectivity index (χ4n) is 2.75. The Hall–Kier alpha value is -1.58. The van der Waals surface area contributed by atoms with Crippen LogP contribution < -0.4 is 11.1 Å². The number of nitrogens with one attached hydrogen (secondary N) is 1. The molecule has 2 unspecified atom stereocenters. The number of carbonyl (C=O) groups excluding carboxylic acids is 2. The fraction of sp³-hybridized carbons (Fsp3) is 0.688. The Morgan fingerprint density at radius 1 is 1.44 bits per heavy atom. The summed E-state index contributed by atoms with van der Waals surface area (Å²) in [5.41, 5.74) is 6.38. The van der Waals surface area contributed by atoms with E-state index in [-0.39, 0.29) is 30.6 Å². The van der Waals surface area contributed by atoms with Crippen molar-refractivity contribution in [3.8, 4) is 0 Å². The maximum Gasteiger partial charge on any atom is 0.244 e. The first kappa shape index (κ1) is 19.7. The van der Waals surface area contributed by atoms with Crippen LogP contribution in [0, 0.1) is 0 Å². The first-order valence-corrected chi connectivity index (χ1v) is 9.79. The smallest absolute Gasteiger partial charge is 0.244 e. The summed E-state index contributed by atoms with van der Waals surface area (Å²) in [7, 11) is 0. The molecule has 1 aliphatic heterocycles. The van der Waals surface area contributed by atoms with Crippen molar-refractivity contribution in [2.45, 2.75) is 45.1 Å². The van der Waals surface area contributed by atoms with E-state index in [4.69, 9.17) is 10.5 Å². The van der Waals surface area contributed by atoms with Crippen molar-refractivity contribution in [2.24, 2.45) is 5.73 Å². The van der Waals surface area contributed by atoms with Crippen LogP contribution in [0.1, 0.15) is 20.3 Å². The molecule has 2 amide bonds. The van der Waals surface area contributed by atoms with Crippen LogP contribution in [0.4, 0.5) is 5.69 Å². The number of amides is 2. The molecule has 9 heteroatoms. The molecule has 0 aromatic carbocycles. The standard InChI is InChI=1S/C16H27N5O3S/c1-11-7-20(8-12(2)24-11)15(22)10-21-9-13(6-18-21)19-16(23)14(17)4-5-25-3/h6,9,11-12,14H,4-5,7-8,10,17H2,1-3H3,(H,19,23)/t11?,12?,14-/m0/s1. The van der Waals surface area contributed by atoms with Gasteiger partial charge >= 0.3 is 0 Å². The van der Waals surface area contributed by atoms with Crippen molar-refractivity contribution >= 4 is 29.3 Å². The van der Waals surface area contributed by atoms with Gasteiger partial charge in [-0.15, -0.1) is 0 Å². The van der Waals surface area contributed by atoms with Gasteiger partial charge in [0.05, 0.1) is 30.1 Å². The lowest BCUT2D eigenvalue weighted by molar-refractivity contribution is -0.144. The normalized spacial score (nSPS) is 21.8. The van der Waals surface area contributed by atoms with Crippen LogP contribution in [0.2, 0.25) is 0 Å². The number of anilines is 1. The highest BCUT2D eigenvalue weighted by atomic mass is 32.2. The average molecular weight is 369 g/mol. The number of aromatic nitrogens is 2. The van der Waals surface area contributed by atoms with Gasteiger partial charge in [-0.25, -0.2) is 0 Å². The molecule has 0 spiro atoms. The fourth-order valence-corrected chi connectivity index (χ4v) is 3.24. The summed E-state index contributed by atoms with van der Waals surface area (Å²) in [6.45, 7) is 5.21. The molecule has 1 aromatic rings. The molecule has 2 rings (SSSR count). The second-order valence-corrected chi connectivity index (χ2v) is 7.35. The molecule has 1 saturated heterocycles. The van der Waals surface area contributed by atoms with Gasteiger partial charge in [0.15, 0.2) is 0 Å². The van der Waals surface area contributed by atoms with Crippen LogP contribution in [0.5, 0.6) is 0 Å². The third kappa shape index (κ3) is 6.02. The molecule has 0 bridgehead atoms. The number of nitrogens with zero attached hydrogens (tertiary/aromatic N) is 3. The molecular weight excluding hydrogens is 342 g/mol. The monoisotopic (exact) mass is 369 g/mol. The van der Waals surface area contributed by atoms with E-state index in [9.17, 15) is 9.59 Å². The van der Waals surface area contributed by atoms with Crippen LogP contribution in [0.3, 0.4) is 0 Å². The minimum Gasteiger partial charge on any atom is -0.372 e. The molecule has 3 N–H and O–H groups in total. The minimum atomic E-state index is -0.547. The van der Waals surface area contributed by atoms with Gasteiger partial charge in [0.25, 0.3) is 0 Å². The molecule has 0 radical (unpaired) electrons. The van der Waals surface area contributed by atoms with Crippen molar-refractivity contribution in [3.05, 3.63) is 12.4 Å². The summed E-state index contributed by atoms with van der Waals surface area (Å²) in [5.74, 6) is 0.578. The van der Waals surface area contributed by atoms with Crippen molar-refractivity contribution in [2.75, 3.05) is 30.4 Å². The van der Waals surface area contributed by atoms with Crippen LogP contribution in [0.15, 0.2) is 12.4 Å². The Bertz CT molecular complexity index is 584. The zero-order valence-corrected chi connectivity index (χ0v) is 15.8. The summed E-state index contributed by atoms with van der Waals surface area (Å²) >= 11 is 1.65. The molecule has 0 saturated carbocycles. The van der Waals surface area contributed by atoms with Gasteiger partial charge in [0, 0.05) is 19.3 Å². The molecule has 1 aromatic heterocycles. The van der Waals surface area contributed by atoms with E-state index >= 15 is 0 Å². The lowest BCUT2D eigenvalue weighted by atomic mass is 10.2. The van der Waals surface area contributed by atoms with Crippen molar-refractivity contribution in [1.29, 1.82) is 0 Å². The number of rotatable bonds is 7. The predicted octanol–water partition coefficient (Wildman–Crippen LogP) is 0.538. The van der Waals surface area contributed by atoms with Gasteiger partial charge in [-0.1, -0.05) is 0 Å². The molecule has 25 heavy (non-hydrogen) atoms. The van der Waals surface area contributed by atoms with Gasteiger partial charge in [-0.05, 0) is 32.3 Å². The number of hydrogen-bond donors (Lipinski definition) is 2. The number of morpholine rings is 1. The number of nitrogens with two attached hydrogens (primary N) is 1. The first-order chi connectivity index (χ1) is 11.9. The molecule has 1 fully saturated rings. The Morgan fingerprint density at radius 2 is 2.12 bits per heavy atom. The molecule has 8 nitrogen and oxygen atoms in total. The van der Waals surface area contributed by atoms with Gasteiger partial charge in [-0.3, -0.25) is 14.3 Å². The van der Waals surface area contributed by atoms with E-state index in [0.717, 1.165) is 5.75 Å². The number of thioether (sulfide) groups is 1. The summed E-state index contributed by atoms with van der Waals surface area (Å²) < 4.78 is 7.16. The SMILES string of the molecule is CSCC[C@H](N)C(=O)Nc1cnn(CC(=O)N2CC(C)OC(C)C2)c1. The van der Waals surface area contributed by atoms with E-state index in [0.29, 0.717) is 25.2 Å². The summed E-state index contributed by atoms with van der Waals surface area (Å²) in [5, 5.41) is 6.88. The van der Waals surface area contributed by atoms with E-state index < -0.39 is 6.04 Å². The summed E-state index contributed by atoms with van der Waals surface area (Å²) in [4.78, 5) is 26.2. The molecule has 140 valence electrons. The highest BCUT2D eigenvalue weighted by molar-refractivity contribution is 7.98. The number of hydrogen-bond acceptors (Lipinski definition) is 6. The zero-order valence-electron chi connectivity index (χ0n) is 15.0. The minimum absolute atomic E-state index is 0.0142. The van der Waals surface area contributed by atoms with Crippen LogP contribution in [-0.4, -0.2) is 69.8 Å². The largest absolute Gasteiger partial charge is 0.372 e. The molecule has 2 heterocycles. The number of ether oxygens (including phenoxy) is 1. The molecular formula is C16H27N5O3S. The van der Waals surface area contributed by atoms with Crippen molar-refractivity contribution < 1.29 is 14.3 Å². The first-order valence-electron chi connectivity index (χ1n) is 8.40. The van der Waals surface area contributed by atoms with Gasteiger partial charge in [-0.2, -0.15) is 16.9 Å². The third-order valence-corrected chi connectivity index (χ3v) is 4.58. The van der Waals surface area contributed by atoms with E-state index in [2.05, 4.69) is 10.4 Å². The quantitative estimate of drug-likeness (QED) is 0.727. The van der Waals surface area contributed by atoms with Crippen molar-refractivity contribution in [3.63, 3.8) is 0 Å². The Morgan fingerprint density at radius 3 is 2.76 bits per heavy atom. The van der Waals surface area contributed by atoms with Crippen LogP contribution >= 0.6 is 11.8 Å². The van der Waals surface area contributed by atoms with Crippen LogP contribution in [-0.2, 0) is 20.9 Å². The second-order valence-electron chi connectivity index (χ2n) is 6.36. The van der Waals surface area contributed by atoms with Gasteiger partial charge < -0.3 is 20.7 Å². The maximum absolute atomic E-state index is 12.4. The molecule has 0 aliphatic carbocycles. The highest BCUT2D eigenvalue weighted by Gasteiger charge is 2.26. The Kier molecular flexibility index (Phi) is 7.27. The maximum atomic E-state index is 12.4. The number of carbonyl (C=O) groups is 2. The summed E-state index contributed by atoms with van der Waals surface area (Å²) in [6, 6.07) is -0.547. The highest BCUT2D eigenvalue weighted by Crippen LogP contribution is 2.12. The van der Waals surface area contributed by atoms with Gasteiger partial charge in [0.1, 0.15) is 6.54 Å². The Labute approximate surface area is 152 Å². The zero-order chi connectivity index (χ0) is 18.4. The third-order valence-electron chi connectivity index (χ3n) is 3.94. The Balaban J connectivity index is 1.86. The predicted molar refractivity (Wildman–Crippen MR) is 98.4 cm³/mol. The van der Waals surface area contributed by atoms with Gasteiger partial charge in [0.2, 0.25) is 11.8 Å². The average Bonchev–Trinajstić information content (AvgIpc) is 2.98. The lowest BCUT2D eigenvalue weighted by Gasteiger charge is -2.35. The van der Waals surface area contributed by atoms with E-state index in [1.165, 1.54) is 10.9 Å².